The Morgan fingerprint density at radius 2 is 1.71 bits per heavy atom. The summed E-state index contributed by atoms with van der Waals surface area (Å²) in [6.45, 7) is 1.91. The molecule has 0 aliphatic carbocycles. The Bertz CT molecular complexity index is 1130. The van der Waals surface area contributed by atoms with Crippen molar-refractivity contribution in [3.63, 3.8) is 0 Å². The van der Waals surface area contributed by atoms with E-state index in [1.807, 2.05) is 23.8 Å². The van der Waals surface area contributed by atoms with Gasteiger partial charge in [-0.2, -0.15) is 0 Å². The number of ether oxygens (including phenoxy) is 1. The molecule has 3 aromatic carbocycles. The van der Waals surface area contributed by atoms with E-state index in [0.29, 0.717) is 10.2 Å². The highest BCUT2D eigenvalue weighted by Gasteiger charge is 2.23. The first-order valence-electron chi connectivity index (χ1n) is 8.12. The second kappa shape index (κ2) is 8.12. The molecule has 1 amide bonds. The Kier molecular flexibility index (Phi) is 5.81. The average molecular weight is 464 g/mol. The van der Waals surface area contributed by atoms with E-state index in [4.69, 9.17) is 4.74 Å². The van der Waals surface area contributed by atoms with E-state index >= 15 is 0 Å². The third-order valence-electron chi connectivity index (χ3n) is 3.79. The second-order valence-corrected chi connectivity index (χ2v) is 8.43. The first-order chi connectivity index (χ1) is 13.3. The number of aryl methyl sites for hydroxylation is 1. The summed E-state index contributed by atoms with van der Waals surface area (Å²) in [6.07, 6.45) is 0. The van der Waals surface area contributed by atoms with Crippen LogP contribution < -0.4 is 9.46 Å². The molecule has 8 heteroatoms. The Hall–Kier alpha value is -2.71. The standard InChI is InChI=1S/C20H15BrFNO4S/c1-13-6-9-15(10-7-13)27-18-11-8-14(22)12-16(18)20(24)23-28(25,26)19-5-3-2-4-17(19)21/h2-12H,1H3,(H,23,24). The van der Waals surface area contributed by atoms with Crippen LogP contribution in [0.15, 0.2) is 76.1 Å². The van der Waals surface area contributed by atoms with Gasteiger partial charge in [0.25, 0.3) is 15.9 Å². The molecular weight excluding hydrogens is 449 g/mol. The molecular formula is C20H15BrFNO4S. The molecule has 0 aliphatic rings. The lowest BCUT2D eigenvalue weighted by atomic mass is 10.2. The second-order valence-electron chi connectivity index (χ2n) is 5.92. The zero-order valence-corrected chi connectivity index (χ0v) is 17.1. The van der Waals surface area contributed by atoms with Crippen LogP contribution in [0.3, 0.4) is 0 Å². The van der Waals surface area contributed by atoms with Gasteiger partial charge >= 0.3 is 0 Å². The number of amides is 1. The topological polar surface area (TPSA) is 72.5 Å². The minimum absolute atomic E-state index is 0.0325. The maximum atomic E-state index is 13.7. The van der Waals surface area contributed by atoms with E-state index in [-0.39, 0.29) is 16.2 Å². The molecule has 0 atom stereocenters. The van der Waals surface area contributed by atoms with Crippen LogP contribution in [0.4, 0.5) is 4.39 Å². The molecule has 5 nitrogen and oxygen atoms in total. The molecule has 0 aliphatic heterocycles. The normalized spacial score (nSPS) is 11.1. The molecule has 0 unspecified atom stereocenters. The van der Waals surface area contributed by atoms with Crippen molar-refractivity contribution in [3.05, 3.63) is 88.1 Å². The number of rotatable bonds is 5. The Morgan fingerprint density at radius 3 is 2.39 bits per heavy atom. The third-order valence-corrected chi connectivity index (χ3v) is 6.13. The Morgan fingerprint density at radius 1 is 1.04 bits per heavy atom. The van der Waals surface area contributed by atoms with Crippen molar-refractivity contribution in [2.24, 2.45) is 0 Å². The zero-order valence-electron chi connectivity index (χ0n) is 14.6. The number of sulfonamides is 1. The van der Waals surface area contributed by atoms with Crippen LogP contribution in [0.5, 0.6) is 11.5 Å². The summed E-state index contributed by atoms with van der Waals surface area (Å²) in [7, 11) is -4.17. The fourth-order valence-electron chi connectivity index (χ4n) is 2.40. The summed E-state index contributed by atoms with van der Waals surface area (Å²) in [5.74, 6) is -1.23. The molecule has 144 valence electrons. The molecule has 0 bridgehead atoms. The fraction of sp³-hybridized carbons (Fsp3) is 0.0500. The Labute approximate surface area is 170 Å². The first kappa shape index (κ1) is 20.0. The molecule has 0 aromatic heterocycles. The molecule has 0 spiro atoms. The molecule has 0 saturated carbocycles. The highest BCUT2D eigenvalue weighted by atomic mass is 79.9. The van der Waals surface area contributed by atoms with Gasteiger partial charge in [0.2, 0.25) is 0 Å². The number of benzene rings is 3. The van der Waals surface area contributed by atoms with Crippen molar-refractivity contribution in [2.45, 2.75) is 11.8 Å². The van der Waals surface area contributed by atoms with Crippen molar-refractivity contribution >= 4 is 31.9 Å². The summed E-state index contributed by atoms with van der Waals surface area (Å²) < 4.78 is 46.7. The summed E-state index contributed by atoms with van der Waals surface area (Å²) in [5.41, 5.74) is 0.778. The van der Waals surface area contributed by atoms with Gasteiger partial charge in [-0.15, -0.1) is 0 Å². The smallest absolute Gasteiger partial charge is 0.268 e. The van der Waals surface area contributed by atoms with E-state index in [9.17, 15) is 17.6 Å². The first-order valence-corrected chi connectivity index (χ1v) is 10.4. The van der Waals surface area contributed by atoms with Gasteiger partial charge in [0.05, 0.1) is 5.56 Å². The maximum Gasteiger partial charge on any atom is 0.268 e. The van der Waals surface area contributed by atoms with Gasteiger partial charge in [0.1, 0.15) is 22.2 Å². The minimum Gasteiger partial charge on any atom is -0.457 e. The van der Waals surface area contributed by atoms with Gasteiger partial charge in [-0.25, -0.2) is 17.5 Å². The average Bonchev–Trinajstić information content (AvgIpc) is 2.64. The van der Waals surface area contributed by atoms with E-state index in [1.165, 1.54) is 24.3 Å². The maximum absolute atomic E-state index is 13.7. The molecule has 0 fully saturated rings. The molecule has 0 heterocycles. The van der Waals surface area contributed by atoms with Crippen molar-refractivity contribution in [3.8, 4) is 11.5 Å². The number of carbonyl (C=O) groups excluding carboxylic acids is 1. The van der Waals surface area contributed by atoms with Gasteiger partial charge in [-0.05, 0) is 65.3 Å². The monoisotopic (exact) mass is 463 g/mol. The van der Waals surface area contributed by atoms with E-state index in [0.717, 1.165) is 17.7 Å². The van der Waals surface area contributed by atoms with E-state index in [1.54, 1.807) is 18.2 Å². The molecule has 0 radical (unpaired) electrons. The number of hydrogen-bond donors (Lipinski definition) is 1. The van der Waals surface area contributed by atoms with Crippen LogP contribution in [0.1, 0.15) is 15.9 Å². The third kappa shape index (κ3) is 4.58. The van der Waals surface area contributed by atoms with Crippen molar-refractivity contribution in [1.29, 1.82) is 0 Å². The molecule has 28 heavy (non-hydrogen) atoms. The van der Waals surface area contributed by atoms with Crippen LogP contribution in [-0.2, 0) is 10.0 Å². The molecule has 0 saturated heterocycles. The predicted molar refractivity (Wildman–Crippen MR) is 106 cm³/mol. The van der Waals surface area contributed by atoms with Crippen LogP contribution in [0, 0.1) is 12.7 Å². The largest absolute Gasteiger partial charge is 0.457 e. The number of halogens is 2. The lowest BCUT2D eigenvalue weighted by Gasteiger charge is -2.13. The number of nitrogens with one attached hydrogen (secondary N) is 1. The van der Waals surface area contributed by atoms with Gasteiger partial charge in [0, 0.05) is 4.47 Å². The van der Waals surface area contributed by atoms with Crippen LogP contribution in [0.25, 0.3) is 0 Å². The highest BCUT2D eigenvalue weighted by Crippen LogP contribution is 2.27. The molecule has 1 N–H and O–H groups in total. The van der Waals surface area contributed by atoms with Crippen LogP contribution in [0.2, 0.25) is 0 Å². The van der Waals surface area contributed by atoms with E-state index in [2.05, 4.69) is 15.9 Å². The van der Waals surface area contributed by atoms with Gasteiger partial charge < -0.3 is 4.74 Å². The highest BCUT2D eigenvalue weighted by molar-refractivity contribution is 9.10. The Balaban J connectivity index is 1.92. The van der Waals surface area contributed by atoms with Gasteiger partial charge in [-0.1, -0.05) is 29.8 Å². The van der Waals surface area contributed by atoms with Gasteiger partial charge in [0.15, 0.2) is 0 Å². The lowest BCUT2D eigenvalue weighted by molar-refractivity contribution is 0.0978. The quantitative estimate of drug-likeness (QED) is 0.589. The summed E-state index contributed by atoms with van der Waals surface area (Å²) in [4.78, 5) is 12.5. The van der Waals surface area contributed by atoms with Crippen LogP contribution >= 0.6 is 15.9 Å². The minimum atomic E-state index is -4.17. The lowest BCUT2D eigenvalue weighted by Crippen LogP contribution is -2.31. The molecule has 3 rings (SSSR count). The molecule has 3 aromatic rings. The SMILES string of the molecule is Cc1ccc(Oc2ccc(F)cc2C(=O)NS(=O)(=O)c2ccccc2Br)cc1. The van der Waals surface area contributed by atoms with Crippen LogP contribution in [-0.4, -0.2) is 14.3 Å². The predicted octanol–water partition coefficient (Wildman–Crippen LogP) is 4.81. The number of hydrogen-bond acceptors (Lipinski definition) is 4. The van der Waals surface area contributed by atoms with Crippen molar-refractivity contribution in [1.82, 2.24) is 4.72 Å². The number of carbonyl (C=O) groups is 1. The summed E-state index contributed by atoms with van der Waals surface area (Å²) >= 11 is 3.14. The summed E-state index contributed by atoms with van der Waals surface area (Å²) in [5, 5.41) is 0. The zero-order chi connectivity index (χ0) is 20.3. The van der Waals surface area contributed by atoms with Gasteiger partial charge in [-0.3, -0.25) is 4.79 Å². The fourth-order valence-corrected chi connectivity index (χ4v) is 4.37. The van der Waals surface area contributed by atoms with Crippen molar-refractivity contribution in [2.75, 3.05) is 0 Å². The summed E-state index contributed by atoms with van der Waals surface area (Å²) in [6, 6.07) is 16.4. The van der Waals surface area contributed by atoms with Crippen molar-refractivity contribution < 1.29 is 22.3 Å². The van der Waals surface area contributed by atoms with E-state index < -0.39 is 21.7 Å².